The number of alkyl halides is 3. The lowest BCUT2D eigenvalue weighted by atomic mass is 9.89. The summed E-state index contributed by atoms with van der Waals surface area (Å²) in [6.07, 6.45) is 0.925. The summed E-state index contributed by atoms with van der Waals surface area (Å²) in [7, 11) is 0. The highest BCUT2D eigenvalue weighted by molar-refractivity contribution is 8.00. The summed E-state index contributed by atoms with van der Waals surface area (Å²) in [6.45, 7) is 1.26. The number of rotatable bonds is 3. The van der Waals surface area contributed by atoms with Gasteiger partial charge in [-0.25, -0.2) is 0 Å². The lowest BCUT2D eigenvalue weighted by molar-refractivity contribution is -0.0328. The average Bonchev–Trinajstić information content (AvgIpc) is 2.38. The third-order valence-corrected chi connectivity index (χ3v) is 3.91. The summed E-state index contributed by atoms with van der Waals surface area (Å²) < 4.78 is 41.8. The summed E-state index contributed by atoms with van der Waals surface area (Å²) >= 11 is -0.145. The summed E-state index contributed by atoms with van der Waals surface area (Å²) in [5, 5.41) is 10.2. The fourth-order valence-electron chi connectivity index (χ4n) is 2.17. The maximum Gasteiger partial charge on any atom is 0.446 e. The van der Waals surface area contributed by atoms with Crippen LogP contribution >= 0.6 is 11.8 Å². The fourth-order valence-corrected chi connectivity index (χ4v) is 2.71. The molecule has 0 aromatic heterocycles. The molecule has 1 unspecified atom stereocenters. The first kappa shape index (κ1) is 14.7. The molecule has 0 spiro atoms. The van der Waals surface area contributed by atoms with Crippen molar-refractivity contribution in [1.29, 1.82) is 0 Å². The Bertz CT molecular complexity index is 399. The van der Waals surface area contributed by atoms with Gasteiger partial charge in [0.05, 0.1) is 6.10 Å². The number of ether oxygens (including phenoxy) is 1. The molecule has 0 amide bonds. The Hall–Kier alpha value is -0.720. The van der Waals surface area contributed by atoms with E-state index < -0.39 is 11.6 Å². The van der Waals surface area contributed by atoms with E-state index in [0.29, 0.717) is 18.8 Å². The van der Waals surface area contributed by atoms with E-state index in [1.54, 1.807) is 12.1 Å². The van der Waals surface area contributed by atoms with Gasteiger partial charge in [0, 0.05) is 18.1 Å². The second-order valence-electron chi connectivity index (χ2n) is 4.51. The van der Waals surface area contributed by atoms with Crippen molar-refractivity contribution in [3.8, 4) is 0 Å². The molecule has 1 atom stereocenters. The van der Waals surface area contributed by atoms with E-state index in [1.807, 2.05) is 0 Å². The molecule has 106 valence electrons. The first-order valence-corrected chi connectivity index (χ1v) is 6.89. The van der Waals surface area contributed by atoms with Gasteiger partial charge in [-0.15, -0.1) is 0 Å². The molecule has 0 aliphatic carbocycles. The number of hydrogen-bond acceptors (Lipinski definition) is 3. The van der Waals surface area contributed by atoms with Crippen molar-refractivity contribution >= 4 is 11.8 Å². The molecule has 1 aliphatic rings. The maximum atomic E-state index is 12.2. The van der Waals surface area contributed by atoms with Crippen molar-refractivity contribution < 1.29 is 23.0 Å². The van der Waals surface area contributed by atoms with E-state index >= 15 is 0 Å². The lowest BCUT2D eigenvalue weighted by Gasteiger charge is -2.27. The van der Waals surface area contributed by atoms with Crippen LogP contribution in [0.15, 0.2) is 29.2 Å². The molecule has 1 N–H and O–H groups in total. The minimum atomic E-state index is -4.28. The quantitative estimate of drug-likeness (QED) is 0.860. The van der Waals surface area contributed by atoms with E-state index in [2.05, 4.69) is 0 Å². The zero-order valence-electron chi connectivity index (χ0n) is 10.2. The number of benzene rings is 1. The van der Waals surface area contributed by atoms with E-state index in [4.69, 9.17) is 4.74 Å². The predicted octanol–water partition coefficient (Wildman–Crippen LogP) is 3.76. The Labute approximate surface area is 114 Å². The standard InChI is InChI=1S/C13H15F3O2S/c14-13(15,16)19-11-3-1-9(2-4-11)12(17)10-5-7-18-8-6-10/h1-4,10,12,17H,5-8H2. The lowest BCUT2D eigenvalue weighted by Crippen LogP contribution is -2.21. The third-order valence-electron chi connectivity index (χ3n) is 3.17. The van der Waals surface area contributed by atoms with Gasteiger partial charge < -0.3 is 9.84 Å². The maximum absolute atomic E-state index is 12.2. The molecule has 1 aliphatic heterocycles. The van der Waals surface area contributed by atoms with Crippen molar-refractivity contribution in [2.24, 2.45) is 5.92 Å². The molecule has 2 nitrogen and oxygen atoms in total. The molecule has 6 heteroatoms. The Morgan fingerprint density at radius 1 is 1.16 bits per heavy atom. The van der Waals surface area contributed by atoms with Crippen molar-refractivity contribution in [1.82, 2.24) is 0 Å². The van der Waals surface area contributed by atoms with Crippen molar-refractivity contribution in [2.75, 3.05) is 13.2 Å². The van der Waals surface area contributed by atoms with Crippen LogP contribution in [-0.4, -0.2) is 23.8 Å². The minimum absolute atomic E-state index is 0.120. The minimum Gasteiger partial charge on any atom is -0.388 e. The van der Waals surface area contributed by atoms with Gasteiger partial charge in [-0.2, -0.15) is 13.2 Å². The van der Waals surface area contributed by atoms with Crippen LogP contribution in [0.2, 0.25) is 0 Å². The van der Waals surface area contributed by atoms with Gasteiger partial charge in [-0.3, -0.25) is 0 Å². The van der Waals surface area contributed by atoms with Crippen LogP contribution in [0.3, 0.4) is 0 Å². The Morgan fingerprint density at radius 2 is 1.74 bits per heavy atom. The highest BCUT2D eigenvalue weighted by Crippen LogP contribution is 2.37. The molecule has 1 aromatic carbocycles. The molecular formula is C13H15F3O2S. The topological polar surface area (TPSA) is 29.5 Å². The molecular weight excluding hydrogens is 277 g/mol. The molecule has 19 heavy (non-hydrogen) atoms. The van der Waals surface area contributed by atoms with Crippen molar-refractivity contribution in [2.45, 2.75) is 29.3 Å². The summed E-state index contributed by atoms with van der Waals surface area (Å²) in [4.78, 5) is 0.135. The van der Waals surface area contributed by atoms with Crippen molar-refractivity contribution in [3.05, 3.63) is 29.8 Å². The number of aliphatic hydroxyl groups excluding tert-OH is 1. The largest absolute Gasteiger partial charge is 0.446 e. The van der Waals surface area contributed by atoms with Gasteiger partial charge in [-0.1, -0.05) is 12.1 Å². The SMILES string of the molecule is OC(c1ccc(SC(F)(F)F)cc1)C1CCOCC1. The molecule has 1 heterocycles. The summed E-state index contributed by atoms with van der Waals surface area (Å²) in [6, 6.07) is 5.93. The van der Waals surface area contributed by atoms with E-state index in [1.165, 1.54) is 12.1 Å². The van der Waals surface area contributed by atoms with Gasteiger partial charge in [0.1, 0.15) is 0 Å². The van der Waals surface area contributed by atoms with Gasteiger partial charge in [0.25, 0.3) is 0 Å². The molecule has 1 aromatic rings. The van der Waals surface area contributed by atoms with Crippen LogP contribution < -0.4 is 0 Å². The normalized spacial score (nSPS) is 19.4. The van der Waals surface area contributed by atoms with Crippen LogP contribution in [0, 0.1) is 5.92 Å². The van der Waals surface area contributed by atoms with Gasteiger partial charge in [-0.05, 0) is 48.2 Å². The van der Waals surface area contributed by atoms with E-state index in [0.717, 1.165) is 12.8 Å². The second kappa shape index (κ2) is 6.15. The van der Waals surface area contributed by atoms with Gasteiger partial charge in [0.2, 0.25) is 0 Å². The zero-order chi connectivity index (χ0) is 13.9. The second-order valence-corrected chi connectivity index (χ2v) is 5.65. The molecule has 2 rings (SSSR count). The third kappa shape index (κ3) is 4.40. The van der Waals surface area contributed by atoms with E-state index in [9.17, 15) is 18.3 Å². The molecule has 0 radical (unpaired) electrons. The van der Waals surface area contributed by atoms with Crippen LogP contribution in [-0.2, 0) is 4.74 Å². The highest BCUT2D eigenvalue weighted by Gasteiger charge is 2.29. The summed E-state index contributed by atoms with van der Waals surface area (Å²) in [5.74, 6) is 0.120. The molecule has 0 bridgehead atoms. The van der Waals surface area contributed by atoms with Gasteiger partial charge in [0.15, 0.2) is 0 Å². The fraction of sp³-hybridized carbons (Fsp3) is 0.538. The molecule has 0 saturated carbocycles. The van der Waals surface area contributed by atoms with Crippen LogP contribution in [0.5, 0.6) is 0 Å². The van der Waals surface area contributed by atoms with Crippen LogP contribution in [0.4, 0.5) is 13.2 Å². The zero-order valence-corrected chi connectivity index (χ0v) is 11.0. The monoisotopic (exact) mass is 292 g/mol. The van der Waals surface area contributed by atoms with Gasteiger partial charge >= 0.3 is 5.51 Å². The Balaban J connectivity index is 2.01. The number of hydrogen-bond donors (Lipinski definition) is 1. The number of halogens is 3. The number of thioether (sulfide) groups is 1. The van der Waals surface area contributed by atoms with Crippen LogP contribution in [0.25, 0.3) is 0 Å². The number of aliphatic hydroxyl groups is 1. The molecule has 1 saturated heterocycles. The Morgan fingerprint density at radius 3 is 2.26 bits per heavy atom. The first-order valence-electron chi connectivity index (χ1n) is 6.07. The first-order chi connectivity index (χ1) is 8.96. The highest BCUT2D eigenvalue weighted by atomic mass is 32.2. The Kier molecular flexibility index (Phi) is 4.76. The van der Waals surface area contributed by atoms with Crippen LogP contribution in [0.1, 0.15) is 24.5 Å². The van der Waals surface area contributed by atoms with Crippen molar-refractivity contribution in [3.63, 3.8) is 0 Å². The average molecular weight is 292 g/mol. The molecule has 1 fully saturated rings. The smallest absolute Gasteiger partial charge is 0.388 e. The van der Waals surface area contributed by atoms with E-state index in [-0.39, 0.29) is 22.6 Å². The summed E-state index contributed by atoms with van der Waals surface area (Å²) in [5.41, 5.74) is -3.61. The predicted molar refractivity (Wildman–Crippen MR) is 66.9 cm³/mol.